The van der Waals surface area contributed by atoms with Gasteiger partial charge < -0.3 is 5.73 Å². The van der Waals surface area contributed by atoms with Gasteiger partial charge in [0.05, 0.1) is 15.5 Å². The van der Waals surface area contributed by atoms with E-state index in [-0.39, 0.29) is 35.5 Å². The van der Waals surface area contributed by atoms with E-state index in [1.807, 2.05) is 0 Å². The van der Waals surface area contributed by atoms with Gasteiger partial charge in [-0.05, 0) is 25.1 Å². The van der Waals surface area contributed by atoms with E-state index in [1.165, 1.54) is 35.6 Å². The van der Waals surface area contributed by atoms with Gasteiger partial charge in [-0.2, -0.15) is 4.31 Å². The number of nitro benzene ring substituents is 1. The number of benzene rings is 1. The highest BCUT2D eigenvalue weighted by atomic mass is 32.2. The summed E-state index contributed by atoms with van der Waals surface area (Å²) < 4.78 is 26.5. The highest BCUT2D eigenvalue weighted by Gasteiger charge is 2.38. The maximum Gasteiger partial charge on any atom is 0.272 e. The van der Waals surface area contributed by atoms with Gasteiger partial charge >= 0.3 is 0 Å². The third-order valence-corrected chi connectivity index (χ3v) is 5.79. The lowest BCUT2D eigenvalue weighted by Crippen LogP contribution is -2.48. The van der Waals surface area contributed by atoms with Crippen molar-refractivity contribution in [2.45, 2.75) is 17.7 Å². The first-order chi connectivity index (χ1) is 11.3. The minimum atomic E-state index is -3.68. The summed E-state index contributed by atoms with van der Waals surface area (Å²) in [5, 5.41) is 10.8. The van der Waals surface area contributed by atoms with Crippen LogP contribution in [0.25, 0.3) is 0 Å². The number of nitrogens with zero attached hydrogens (tertiary/aromatic N) is 4. The predicted molar refractivity (Wildman–Crippen MR) is 85.8 cm³/mol. The maximum absolute atomic E-state index is 12.6. The zero-order valence-electron chi connectivity index (χ0n) is 12.8. The summed E-state index contributed by atoms with van der Waals surface area (Å²) in [4.78, 5) is 18.3. The van der Waals surface area contributed by atoms with Gasteiger partial charge in [-0.15, -0.1) is 0 Å². The Kier molecular flexibility index (Phi) is 3.93. The molecule has 1 fully saturated rings. The number of nitrogen functional groups attached to an aromatic ring is 1. The van der Waals surface area contributed by atoms with E-state index in [0.29, 0.717) is 11.3 Å². The summed E-state index contributed by atoms with van der Waals surface area (Å²) in [6.45, 7) is 2.09. The summed E-state index contributed by atoms with van der Waals surface area (Å²) in [7, 11) is -3.68. The van der Waals surface area contributed by atoms with Crippen LogP contribution in [0.2, 0.25) is 0 Å². The van der Waals surface area contributed by atoms with Crippen LogP contribution >= 0.6 is 0 Å². The van der Waals surface area contributed by atoms with E-state index >= 15 is 0 Å². The average molecular weight is 349 g/mol. The van der Waals surface area contributed by atoms with Gasteiger partial charge in [0.15, 0.2) is 0 Å². The number of aromatic nitrogens is 2. The molecule has 2 aromatic rings. The number of hydrogen-bond donors (Lipinski definition) is 1. The molecule has 0 radical (unpaired) electrons. The lowest BCUT2D eigenvalue weighted by molar-refractivity contribution is -0.385. The molecule has 1 aromatic carbocycles. The molecule has 0 atom stereocenters. The summed E-state index contributed by atoms with van der Waals surface area (Å²) in [5.41, 5.74) is 6.44. The SMILES string of the molecule is Cc1cc(S(=O)(=O)N2CC(c3ccnc(N)n3)C2)ccc1[N+](=O)[O-]. The van der Waals surface area contributed by atoms with Gasteiger partial charge in [-0.1, -0.05) is 0 Å². The van der Waals surface area contributed by atoms with E-state index in [4.69, 9.17) is 5.73 Å². The highest BCUT2D eigenvalue weighted by Crippen LogP contribution is 2.32. The fourth-order valence-corrected chi connectivity index (χ4v) is 4.20. The van der Waals surface area contributed by atoms with E-state index in [2.05, 4.69) is 9.97 Å². The summed E-state index contributed by atoms with van der Waals surface area (Å²) in [6.07, 6.45) is 1.54. The molecular formula is C14H15N5O4S. The molecule has 1 aliphatic rings. The van der Waals surface area contributed by atoms with Gasteiger partial charge in [0.25, 0.3) is 5.69 Å². The van der Waals surface area contributed by atoms with Crippen LogP contribution in [-0.2, 0) is 10.0 Å². The third kappa shape index (κ3) is 2.81. The van der Waals surface area contributed by atoms with E-state index in [0.717, 1.165) is 0 Å². The summed E-state index contributed by atoms with van der Waals surface area (Å²) >= 11 is 0. The molecule has 24 heavy (non-hydrogen) atoms. The van der Waals surface area contributed by atoms with Crippen LogP contribution in [-0.4, -0.2) is 40.7 Å². The highest BCUT2D eigenvalue weighted by molar-refractivity contribution is 7.89. The molecule has 1 saturated heterocycles. The van der Waals surface area contributed by atoms with E-state index in [9.17, 15) is 18.5 Å². The summed E-state index contributed by atoms with van der Waals surface area (Å²) in [5.74, 6) is 0.115. The Balaban J connectivity index is 1.78. The minimum absolute atomic E-state index is 0.0378. The molecule has 0 saturated carbocycles. The molecular weight excluding hydrogens is 334 g/mol. The topological polar surface area (TPSA) is 132 Å². The van der Waals surface area contributed by atoms with Crippen molar-refractivity contribution in [3.05, 3.63) is 51.8 Å². The molecule has 0 aliphatic carbocycles. The number of hydrogen-bond acceptors (Lipinski definition) is 7. The monoisotopic (exact) mass is 349 g/mol. The lowest BCUT2D eigenvalue weighted by Gasteiger charge is -2.37. The van der Waals surface area contributed by atoms with Crippen molar-refractivity contribution < 1.29 is 13.3 Å². The minimum Gasteiger partial charge on any atom is -0.368 e. The van der Waals surface area contributed by atoms with Crippen molar-refractivity contribution in [2.75, 3.05) is 18.8 Å². The Morgan fingerprint density at radius 3 is 2.62 bits per heavy atom. The quantitative estimate of drug-likeness (QED) is 0.644. The zero-order valence-corrected chi connectivity index (χ0v) is 13.6. The second kappa shape index (κ2) is 5.80. The fourth-order valence-electron chi connectivity index (χ4n) is 2.58. The smallest absolute Gasteiger partial charge is 0.272 e. The van der Waals surface area contributed by atoms with Crippen LogP contribution in [0, 0.1) is 17.0 Å². The van der Waals surface area contributed by atoms with Crippen LogP contribution in [0.3, 0.4) is 0 Å². The first-order valence-corrected chi connectivity index (χ1v) is 8.56. The van der Waals surface area contributed by atoms with Gasteiger partial charge in [0.1, 0.15) is 0 Å². The van der Waals surface area contributed by atoms with Crippen molar-refractivity contribution in [1.29, 1.82) is 0 Å². The van der Waals surface area contributed by atoms with Crippen LogP contribution in [0.1, 0.15) is 17.2 Å². The molecule has 2 N–H and O–H groups in total. The van der Waals surface area contributed by atoms with Crippen molar-refractivity contribution in [1.82, 2.24) is 14.3 Å². The molecule has 2 heterocycles. The predicted octanol–water partition coefficient (Wildman–Crippen LogP) is 1.06. The first-order valence-electron chi connectivity index (χ1n) is 7.12. The Hall–Kier alpha value is -2.59. The van der Waals surface area contributed by atoms with E-state index < -0.39 is 14.9 Å². The maximum atomic E-state index is 12.6. The molecule has 3 rings (SSSR count). The fraction of sp³-hybridized carbons (Fsp3) is 0.286. The van der Waals surface area contributed by atoms with Gasteiger partial charge in [0.2, 0.25) is 16.0 Å². The molecule has 0 unspecified atom stereocenters. The third-order valence-electron chi connectivity index (χ3n) is 3.96. The van der Waals surface area contributed by atoms with Crippen molar-refractivity contribution in [3.63, 3.8) is 0 Å². The number of nitrogens with two attached hydrogens (primary N) is 1. The Bertz CT molecular complexity index is 909. The molecule has 126 valence electrons. The number of aryl methyl sites for hydroxylation is 1. The summed E-state index contributed by atoms with van der Waals surface area (Å²) in [6, 6.07) is 5.51. The molecule has 9 nitrogen and oxygen atoms in total. The number of sulfonamides is 1. The Labute approximate surface area is 138 Å². The van der Waals surface area contributed by atoms with Crippen LogP contribution in [0.5, 0.6) is 0 Å². The first kappa shape index (κ1) is 16.3. The van der Waals surface area contributed by atoms with Gasteiger partial charge in [0, 0.05) is 36.8 Å². The zero-order chi connectivity index (χ0) is 17.5. The van der Waals surface area contributed by atoms with Crippen LogP contribution in [0.4, 0.5) is 11.6 Å². The largest absolute Gasteiger partial charge is 0.368 e. The Morgan fingerprint density at radius 1 is 1.33 bits per heavy atom. The standard InChI is InChI=1S/C14H15N5O4S/c1-9-6-11(2-3-13(9)19(20)21)24(22,23)18-7-10(8-18)12-4-5-16-14(15)17-12/h2-6,10H,7-8H2,1H3,(H2,15,16,17). The van der Waals surface area contributed by atoms with Crippen molar-refractivity contribution in [3.8, 4) is 0 Å². The lowest BCUT2D eigenvalue weighted by atomic mass is 9.99. The van der Waals surface area contributed by atoms with E-state index in [1.54, 1.807) is 6.07 Å². The van der Waals surface area contributed by atoms with Crippen LogP contribution < -0.4 is 5.73 Å². The Morgan fingerprint density at radius 2 is 2.04 bits per heavy atom. The van der Waals surface area contributed by atoms with Crippen LogP contribution in [0.15, 0.2) is 35.4 Å². The molecule has 1 aromatic heterocycles. The molecule has 0 amide bonds. The molecule has 0 bridgehead atoms. The number of rotatable bonds is 4. The second-order valence-corrected chi connectivity index (χ2v) is 7.50. The molecule has 1 aliphatic heterocycles. The normalized spacial score (nSPS) is 15.9. The second-order valence-electron chi connectivity index (χ2n) is 5.56. The molecule has 10 heteroatoms. The average Bonchev–Trinajstić information content (AvgIpc) is 2.45. The number of anilines is 1. The number of nitro groups is 1. The molecule has 0 spiro atoms. The van der Waals surface area contributed by atoms with Gasteiger partial charge in [-0.3, -0.25) is 10.1 Å². The van der Waals surface area contributed by atoms with Crippen molar-refractivity contribution >= 4 is 21.7 Å². The van der Waals surface area contributed by atoms with Gasteiger partial charge in [-0.25, -0.2) is 18.4 Å². The van der Waals surface area contributed by atoms with Crippen molar-refractivity contribution in [2.24, 2.45) is 0 Å².